The number of carboxylic acids is 1. The zero-order chi connectivity index (χ0) is 24.2. The number of alkyl halides is 7. The highest BCUT2D eigenvalue weighted by atomic mass is 79.9. The van der Waals surface area contributed by atoms with Crippen LogP contribution in [0.3, 0.4) is 0 Å². The second-order valence-electron chi connectivity index (χ2n) is 6.59. The first-order valence-corrected chi connectivity index (χ1v) is 9.53. The number of aromatic nitrogens is 3. The molecule has 1 aromatic carbocycles. The lowest BCUT2D eigenvalue weighted by Gasteiger charge is -2.30. The molecular weight excluding hydrogens is 539 g/mol. The van der Waals surface area contributed by atoms with Gasteiger partial charge in [0.05, 0.1) is 26.9 Å². The van der Waals surface area contributed by atoms with Gasteiger partial charge in [-0.3, -0.25) is 0 Å². The average molecular weight is 549 g/mol. The topological polar surface area (TPSA) is 60.0 Å². The minimum absolute atomic E-state index is 0.0398. The Bertz CT molecular complexity index is 1190. The van der Waals surface area contributed by atoms with E-state index in [1.165, 1.54) is 30.6 Å². The van der Waals surface area contributed by atoms with Crippen molar-refractivity contribution < 1.29 is 40.6 Å². The summed E-state index contributed by atoms with van der Waals surface area (Å²) in [6.07, 6.45) is -10.1. The number of nitrogens with zero attached hydrogens (tertiary/aromatic N) is 3. The Balaban J connectivity index is 2.13. The Hall–Kier alpha value is -2.54. The molecule has 14 heteroatoms. The predicted octanol–water partition coefficient (Wildman–Crippen LogP) is 6.28. The van der Waals surface area contributed by atoms with Crippen molar-refractivity contribution in [2.24, 2.45) is 7.05 Å². The Labute approximate surface area is 188 Å². The van der Waals surface area contributed by atoms with E-state index in [4.69, 9.17) is 16.7 Å². The van der Waals surface area contributed by atoms with Crippen molar-refractivity contribution in [3.05, 3.63) is 57.4 Å². The van der Waals surface area contributed by atoms with Crippen LogP contribution in [0.25, 0.3) is 16.9 Å². The maximum absolute atomic E-state index is 14.5. The molecule has 0 aliphatic rings. The molecule has 0 fully saturated rings. The molecule has 2 heterocycles. The summed E-state index contributed by atoms with van der Waals surface area (Å²) in [4.78, 5) is 11.2. The molecular formula is C18H10BrClF7N3O2. The van der Waals surface area contributed by atoms with Gasteiger partial charge in [0.15, 0.2) is 0 Å². The van der Waals surface area contributed by atoms with Gasteiger partial charge in [0.1, 0.15) is 5.82 Å². The van der Waals surface area contributed by atoms with E-state index >= 15 is 0 Å². The molecule has 0 aliphatic carbocycles. The van der Waals surface area contributed by atoms with Crippen LogP contribution in [-0.4, -0.2) is 37.8 Å². The highest BCUT2D eigenvalue weighted by Crippen LogP contribution is 2.54. The fourth-order valence-electron chi connectivity index (χ4n) is 3.06. The Morgan fingerprint density at radius 1 is 1.06 bits per heavy atom. The third kappa shape index (κ3) is 3.76. The van der Waals surface area contributed by atoms with Crippen LogP contribution in [-0.2, 0) is 12.7 Å². The number of hydrogen-bond acceptors (Lipinski definition) is 2. The number of rotatable bonds is 4. The maximum atomic E-state index is 14.5. The molecule has 3 rings (SSSR count). The third-order valence-electron chi connectivity index (χ3n) is 4.62. The summed E-state index contributed by atoms with van der Waals surface area (Å²) in [5, 5.41) is 13.0. The van der Waals surface area contributed by atoms with Gasteiger partial charge in [-0.15, -0.1) is 0 Å². The zero-order valence-corrected chi connectivity index (χ0v) is 17.9. The van der Waals surface area contributed by atoms with Gasteiger partial charge in [0, 0.05) is 18.8 Å². The van der Waals surface area contributed by atoms with E-state index in [2.05, 4.69) is 21.0 Å². The monoisotopic (exact) mass is 547 g/mol. The molecule has 0 aliphatic heterocycles. The van der Waals surface area contributed by atoms with Gasteiger partial charge >= 0.3 is 24.0 Å². The fourth-order valence-corrected chi connectivity index (χ4v) is 3.92. The summed E-state index contributed by atoms with van der Waals surface area (Å²) >= 11 is 8.67. The Kier molecular flexibility index (Phi) is 5.88. The molecule has 1 N–H and O–H groups in total. The molecule has 32 heavy (non-hydrogen) atoms. The van der Waals surface area contributed by atoms with Crippen LogP contribution in [0, 0.1) is 0 Å². The van der Waals surface area contributed by atoms with Crippen LogP contribution in [0.1, 0.15) is 16.1 Å². The lowest BCUT2D eigenvalue weighted by molar-refractivity contribution is -0.350. The highest BCUT2D eigenvalue weighted by molar-refractivity contribution is 9.10. The van der Waals surface area contributed by atoms with E-state index in [1.807, 2.05) is 0 Å². The van der Waals surface area contributed by atoms with Crippen LogP contribution < -0.4 is 0 Å². The molecule has 0 amide bonds. The van der Waals surface area contributed by atoms with Crippen LogP contribution >= 0.6 is 27.5 Å². The first kappa shape index (κ1) is 24.1. The van der Waals surface area contributed by atoms with Gasteiger partial charge in [0.2, 0.25) is 0 Å². The van der Waals surface area contributed by atoms with E-state index in [1.54, 1.807) is 0 Å². The molecule has 5 nitrogen and oxygen atoms in total. The second-order valence-corrected chi connectivity index (χ2v) is 7.85. The molecule has 0 spiro atoms. The van der Waals surface area contributed by atoms with Gasteiger partial charge in [0.25, 0.3) is 0 Å². The molecule has 0 radical (unpaired) electrons. The van der Waals surface area contributed by atoms with Crippen LogP contribution in [0.5, 0.6) is 0 Å². The lowest BCUT2D eigenvalue weighted by atomic mass is 10.0. The quantitative estimate of drug-likeness (QED) is 0.391. The molecule has 0 saturated heterocycles. The minimum Gasteiger partial charge on any atom is -0.478 e. The van der Waals surface area contributed by atoms with E-state index in [0.29, 0.717) is 16.2 Å². The molecule has 172 valence electrons. The normalized spacial score (nSPS) is 12.9. The lowest BCUT2D eigenvalue weighted by Crippen LogP contribution is -2.51. The summed E-state index contributed by atoms with van der Waals surface area (Å²) in [5.41, 5.74) is -6.96. The number of halogens is 9. The molecule has 0 bridgehead atoms. The SMILES string of the molecule is Cn1c(C(F)(C(F)(F)F)C(F)(F)F)cc(Br)c1-n1cc(-c2ccc(Cl)c(C(=O)O)c2)cn1. The Morgan fingerprint density at radius 3 is 2.19 bits per heavy atom. The number of carboxylic acid groups (broad SMARTS) is 1. The largest absolute Gasteiger partial charge is 0.478 e. The fraction of sp³-hybridized carbons (Fsp3) is 0.222. The third-order valence-corrected chi connectivity index (χ3v) is 5.53. The van der Waals surface area contributed by atoms with Crippen molar-refractivity contribution in [1.29, 1.82) is 0 Å². The number of benzene rings is 1. The molecule has 2 aromatic heterocycles. The molecule has 0 saturated carbocycles. The first-order chi connectivity index (χ1) is 14.6. The van der Waals surface area contributed by atoms with Crippen molar-refractivity contribution >= 4 is 33.5 Å². The summed E-state index contributed by atoms with van der Waals surface area (Å²) in [6, 6.07) is 4.35. The van der Waals surface area contributed by atoms with E-state index < -0.39 is 29.7 Å². The van der Waals surface area contributed by atoms with Crippen LogP contribution in [0.4, 0.5) is 30.7 Å². The summed E-state index contributed by atoms with van der Waals surface area (Å²) < 4.78 is 94.6. The standard InChI is InChI=1S/C18H10BrClF7N3O2/c1-29-13(16(21,17(22,23)24)18(25,26)27)5-11(19)14(29)30-7-9(6-28-30)8-2-3-12(20)10(4-8)15(31)32/h2-7H,1H3,(H,31,32). The molecule has 0 unspecified atom stereocenters. The van der Waals surface area contributed by atoms with Crippen molar-refractivity contribution in [2.75, 3.05) is 0 Å². The van der Waals surface area contributed by atoms with Crippen molar-refractivity contribution in [3.63, 3.8) is 0 Å². The van der Waals surface area contributed by atoms with Crippen molar-refractivity contribution in [3.8, 4) is 16.9 Å². The second kappa shape index (κ2) is 7.80. The smallest absolute Gasteiger partial charge is 0.437 e. The highest BCUT2D eigenvalue weighted by Gasteiger charge is 2.74. The van der Waals surface area contributed by atoms with E-state index in [0.717, 1.165) is 11.7 Å². The van der Waals surface area contributed by atoms with Crippen LogP contribution in [0.2, 0.25) is 5.02 Å². The number of carbonyl (C=O) groups is 1. The van der Waals surface area contributed by atoms with Gasteiger partial charge < -0.3 is 9.67 Å². The zero-order valence-electron chi connectivity index (χ0n) is 15.6. The van der Waals surface area contributed by atoms with E-state index in [-0.39, 0.29) is 26.4 Å². The maximum Gasteiger partial charge on any atom is 0.437 e. The van der Waals surface area contributed by atoms with Gasteiger partial charge in [-0.25, -0.2) is 13.9 Å². The van der Waals surface area contributed by atoms with Crippen molar-refractivity contribution in [2.45, 2.75) is 18.0 Å². The predicted molar refractivity (Wildman–Crippen MR) is 103 cm³/mol. The number of hydrogen-bond donors (Lipinski definition) is 1. The minimum atomic E-state index is -6.28. The Morgan fingerprint density at radius 2 is 1.66 bits per heavy atom. The van der Waals surface area contributed by atoms with Gasteiger partial charge in [-0.05, 0) is 39.7 Å². The molecule has 0 atom stereocenters. The van der Waals surface area contributed by atoms with E-state index in [9.17, 15) is 35.5 Å². The summed E-state index contributed by atoms with van der Waals surface area (Å²) in [5.74, 6) is -1.63. The van der Waals surface area contributed by atoms with Gasteiger partial charge in [-0.1, -0.05) is 17.7 Å². The summed E-state index contributed by atoms with van der Waals surface area (Å²) in [7, 11) is 0.827. The first-order valence-electron chi connectivity index (χ1n) is 8.36. The average Bonchev–Trinajstić information content (AvgIpc) is 3.23. The molecule has 3 aromatic rings. The van der Waals surface area contributed by atoms with Gasteiger partial charge in [-0.2, -0.15) is 31.4 Å². The van der Waals surface area contributed by atoms with Crippen molar-refractivity contribution in [1.82, 2.24) is 14.3 Å². The number of aromatic carboxylic acids is 1. The summed E-state index contributed by atoms with van der Waals surface area (Å²) in [6.45, 7) is 0. The van der Waals surface area contributed by atoms with Crippen LogP contribution in [0.15, 0.2) is 41.1 Å².